The largest absolute Gasteiger partial charge is 0.435 e. The summed E-state index contributed by atoms with van der Waals surface area (Å²) in [5, 5.41) is 0. The molecule has 0 bridgehead atoms. The van der Waals surface area contributed by atoms with Crippen LogP contribution in [0.15, 0.2) is 12.8 Å². The molecule has 1 aliphatic rings. The number of esters is 1. The quantitative estimate of drug-likeness (QED) is 0.460. The van der Waals surface area contributed by atoms with Crippen molar-refractivity contribution in [1.82, 2.24) is 0 Å². The van der Waals surface area contributed by atoms with E-state index < -0.39 is 0 Å². The van der Waals surface area contributed by atoms with Gasteiger partial charge in [0.2, 0.25) is 0 Å². The molecular weight excluding hydrogens is 140 g/mol. The molecule has 0 aromatic heterocycles. The van der Waals surface area contributed by atoms with Gasteiger partial charge in [0.15, 0.2) is 0 Å². The molecule has 0 N–H and O–H groups in total. The van der Waals surface area contributed by atoms with E-state index in [2.05, 4.69) is 11.3 Å². The molecule has 11 heavy (non-hydrogen) atoms. The van der Waals surface area contributed by atoms with Crippen LogP contribution in [0.1, 0.15) is 32.1 Å². The van der Waals surface area contributed by atoms with Crippen LogP contribution in [0.2, 0.25) is 0 Å². The minimum absolute atomic E-state index is 0.132. The second kappa shape index (κ2) is 4.16. The lowest BCUT2D eigenvalue weighted by atomic mass is 10.1. The average Bonchev–Trinajstić information content (AvgIpc) is 2.40. The summed E-state index contributed by atoms with van der Waals surface area (Å²) in [4.78, 5) is 10.9. The minimum Gasteiger partial charge on any atom is -0.435 e. The molecule has 62 valence electrons. The number of ether oxygens (including phenoxy) is 1. The molecule has 0 spiro atoms. The van der Waals surface area contributed by atoms with E-state index in [1.165, 1.54) is 31.9 Å². The molecular formula is C9H14O2. The maximum Gasteiger partial charge on any atom is 0.310 e. The maximum atomic E-state index is 10.9. The van der Waals surface area contributed by atoms with Crippen molar-refractivity contribution in [2.45, 2.75) is 32.1 Å². The molecule has 0 atom stereocenters. The summed E-state index contributed by atoms with van der Waals surface area (Å²) in [6.07, 6.45) is 6.69. The van der Waals surface area contributed by atoms with Gasteiger partial charge >= 0.3 is 5.97 Å². The van der Waals surface area contributed by atoms with Crippen molar-refractivity contribution in [1.29, 1.82) is 0 Å². The van der Waals surface area contributed by atoms with Crippen LogP contribution in [0.3, 0.4) is 0 Å². The van der Waals surface area contributed by atoms with Crippen LogP contribution in [0.5, 0.6) is 0 Å². The van der Waals surface area contributed by atoms with E-state index in [1.54, 1.807) is 0 Å². The lowest BCUT2D eigenvalue weighted by Crippen LogP contribution is -2.05. The summed E-state index contributed by atoms with van der Waals surface area (Å²) in [5.74, 6) is 0.439. The van der Waals surface area contributed by atoms with Crippen LogP contribution in [-0.2, 0) is 9.53 Å². The van der Waals surface area contributed by atoms with Gasteiger partial charge in [-0.1, -0.05) is 19.4 Å². The Kier molecular flexibility index (Phi) is 3.14. The fourth-order valence-corrected chi connectivity index (χ4v) is 1.59. The number of rotatable bonds is 3. The zero-order valence-electron chi connectivity index (χ0n) is 6.71. The molecule has 0 aliphatic heterocycles. The van der Waals surface area contributed by atoms with Gasteiger partial charge in [-0.3, -0.25) is 4.79 Å². The standard InChI is InChI=1S/C9H14O2/c1-2-11-9(10)7-8-5-3-4-6-8/h2,8H,1,3-7H2. The van der Waals surface area contributed by atoms with Crippen molar-refractivity contribution in [2.75, 3.05) is 0 Å². The molecule has 0 radical (unpaired) electrons. The SMILES string of the molecule is C=COC(=O)CC1CCCC1. The van der Waals surface area contributed by atoms with Gasteiger partial charge in [-0.2, -0.15) is 0 Å². The Morgan fingerprint density at radius 3 is 2.73 bits per heavy atom. The average molecular weight is 154 g/mol. The molecule has 0 heterocycles. The minimum atomic E-state index is -0.132. The first kappa shape index (κ1) is 8.31. The van der Waals surface area contributed by atoms with Crippen molar-refractivity contribution < 1.29 is 9.53 Å². The van der Waals surface area contributed by atoms with Gasteiger partial charge in [0, 0.05) is 6.42 Å². The first-order valence-corrected chi connectivity index (χ1v) is 4.13. The monoisotopic (exact) mass is 154 g/mol. The Morgan fingerprint density at radius 1 is 1.55 bits per heavy atom. The molecule has 1 rings (SSSR count). The van der Waals surface area contributed by atoms with Crippen LogP contribution >= 0.6 is 0 Å². The predicted molar refractivity (Wildman–Crippen MR) is 42.9 cm³/mol. The van der Waals surface area contributed by atoms with E-state index in [-0.39, 0.29) is 5.97 Å². The van der Waals surface area contributed by atoms with E-state index in [0.717, 1.165) is 0 Å². The summed E-state index contributed by atoms with van der Waals surface area (Å²) >= 11 is 0. The third-order valence-corrected chi connectivity index (χ3v) is 2.14. The van der Waals surface area contributed by atoms with Crippen molar-refractivity contribution in [3.05, 3.63) is 12.8 Å². The Balaban J connectivity index is 2.18. The van der Waals surface area contributed by atoms with Gasteiger partial charge in [0.1, 0.15) is 0 Å². The molecule has 1 fully saturated rings. The fraction of sp³-hybridized carbons (Fsp3) is 0.667. The van der Waals surface area contributed by atoms with Gasteiger partial charge in [-0.25, -0.2) is 0 Å². The lowest BCUT2D eigenvalue weighted by Gasteiger charge is -2.05. The van der Waals surface area contributed by atoms with E-state index in [0.29, 0.717) is 12.3 Å². The number of carbonyl (C=O) groups excluding carboxylic acids is 1. The third-order valence-electron chi connectivity index (χ3n) is 2.14. The van der Waals surface area contributed by atoms with E-state index in [9.17, 15) is 4.79 Å². The Morgan fingerprint density at radius 2 is 2.18 bits per heavy atom. The second-order valence-electron chi connectivity index (χ2n) is 3.01. The predicted octanol–water partition coefficient (Wildman–Crippen LogP) is 2.25. The Bertz CT molecular complexity index is 146. The van der Waals surface area contributed by atoms with Gasteiger partial charge < -0.3 is 4.74 Å². The molecule has 1 saturated carbocycles. The van der Waals surface area contributed by atoms with E-state index >= 15 is 0 Å². The summed E-state index contributed by atoms with van der Waals surface area (Å²) in [7, 11) is 0. The highest BCUT2D eigenvalue weighted by atomic mass is 16.5. The number of hydrogen-bond donors (Lipinski definition) is 0. The van der Waals surface area contributed by atoms with Gasteiger partial charge in [-0.15, -0.1) is 0 Å². The molecule has 0 unspecified atom stereocenters. The third kappa shape index (κ3) is 2.74. The second-order valence-corrected chi connectivity index (χ2v) is 3.01. The fourth-order valence-electron chi connectivity index (χ4n) is 1.59. The topological polar surface area (TPSA) is 26.3 Å². The van der Waals surface area contributed by atoms with E-state index in [4.69, 9.17) is 0 Å². The van der Waals surface area contributed by atoms with Gasteiger partial charge in [-0.05, 0) is 18.8 Å². The molecule has 2 heteroatoms. The zero-order valence-corrected chi connectivity index (χ0v) is 6.71. The smallest absolute Gasteiger partial charge is 0.310 e. The first-order valence-electron chi connectivity index (χ1n) is 4.13. The molecule has 1 aliphatic carbocycles. The number of hydrogen-bond acceptors (Lipinski definition) is 2. The van der Waals surface area contributed by atoms with Crippen molar-refractivity contribution in [3.63, 3.8) is 0 Å². The summed E-state index contributed by atoms with van der Waals surface area (Å²) in [5.41, 5.74) is 0. The van der Waals surface area contributed by atoms with Crippen molar-refractivity contribution in [2.24, 2.45) is 5.92 Å². The highest BCUT2D eigenvalue weighted by Gasteiger charge is 2.18. The summed E-state index contributed by atoms with van der Waals surface area (Å²) in [6, 6.07) is 0. The van der Waals surface area contributed by atoms with Crippen LogP contribution in [0.25, 0.3) is 0 Å². The normalized spacial score (nSPS) is 18.2. The summed E-state index contributed by atoms with van der Waals surface area (Å²) < 4.78 is 4.63. The Labute approximate surface area is 67.2 Å². The molecule has 0 saturated heterocycles. The molecule has 2 nitrogen and oxygen atoms in total. The van der Waals surface area contributed by atoms with Crippen LogP contribution in [0, 0.1) is 5.92 Å². The van der Waals surface area contributed by atoms with Crippen molar-refractivity contribution >= 4 is 5.97 Å². The lowest BCUT2D eigenvalue weighted by molar-refractivity contribution is -0.139. The zero-order chi connectivity index (χ0) is 8.10. The van der Waals surface area contributed by atoms with E-state index in [1.807, 2.05) is 0 Å². The maximum absolute atomic E-state index is 10.9. The Hall–Kier alpha value is -0.790. The number of carbonyl (C=O) groups is 1. The van der Waals surface area contributed by atoms with Crippen LogP contribution in [0.4, 0.5) is 0 Å². The molecule has 0 amide bonds. The van der Waals surface area contributed by atoms with Crippen molar-refractivity contribution in [3.8, 4) is 0 Å². The highest BCUT2D eigenvalue weighted by molar-refractivity contribution is 5.70. The van der Waals surface area contributed by atoms with Crippen LogP contribution in [-0.4, -0.2) is 5.97 Å². The van der Waals surface area contributed by atoms with Gasteiger partial charge in [0.05, 0.1) is 6.26 Å². The molecule has 0 aromatic carbocycles. The van der Waals surface area contributed by atoms with Gasteiger partial charge in [0.25, 0.3) is 0 Å². The summed E-state index contributed by atoms with van der Waals surface area (Å²) in [6.45, 7) is 3.33. The highest BCUT2D eigenvalue weighted by Crippen LogP contribution is 2.27. The van der Waals surface area contributed by atoms with Crippen LogP contribution < -0.4 is 0 Å². The first-order chi connectivity index (χ1) is 5.33. The molecule has 0 aromatic rings.